The molecule has 0 radical (unpaired) electrons. The van der Waals surface area contributed by atoms with Crippen molar-refractivity contribution in [2.45, 2.75) is 0 Å². The Morgan fingerprint density at radius 3 is 2.85 bits per heavy atom. The highest BCUT2D eigenvalue weighted by molar-refractivity contribution is 5.61. The van der Waals surface area contributed by atoms with E-state index in [1.807, 2.05) is 43.3 Å². The molecule has 0 aliphatic rings. The van der Waals surface area contributed by atoms with Crippen molar-refractivity contribution in [2.75, 3.05) is 14.1 Å². The van der Waals surface area contributed by atoms with Crippen LogP contribution in [0.2, 0.25) is 0 Å². The van der Waals surface area contributed by atoms with Gasteiger partial charge in [0.1, 0.15) is 0 Å². The molecule has 0 fully saturated rings. The fourth-order valence-corrected chi connectivity index (χ4v) is 0.858. The predicted octanol–water partition coefficient (Wildman–Crippen LogP) is 1.89. The summed E-state index contributed by atoms with van der Waals surface area (Å²) in [5, 5.41) is 0. The highest BCUT2D eigenvalue weighted by Gasteiger charge is 1.89. The molecule has 0 unspecified atom stereocenters. The van der Waals surface area contributed by atoms with Gasteiger partial charge in [0.2, 0.25) is 0 Å². The summed E-state index contributed by atoms with van der Waals surface area (Å²) >= 11 is 0. The molecule has 0 aliphatic heterocycles. The van der Waals surface area contributed by atoms with E-state index in [1.165, 1.54) is 0 Å². The van der Waals surface area contributed by atoms with E-state index in [0.29, 0.717) is 0 Å². The first kappa shape index (κ1) is 9.34. The van der Waals surface area contributed by atoms with Gasteiger partial charge in [0.25, 0.3) is 0 Å². The molecule has 13 heavy (non-hydrogen) atoms. The number of terminal acetylenes is 1. The second kappa shape index (κ2) is 4.32. The predicted molar refractivity (Wildman–Crippen MR) is 56.2 cm³/mol. The van der Waals surface area contributed by atoms with E-state index < -0.39 is 0 Å². The molecule has 0 amide bonds. The summed E-state index contributed by atoms with van der Waals surface area (Å²) in [7, 11) is 3.85. The topological polar surface area (TPSA) is 15.6 Å². The van der Waals surface area contributed by atoms with Gasteiger partial charge in [-0.15, -0.1) is 6.42 Å². The molecule has 1 aromatic rings. The Labute approximate surface area is 78.9 Å². The Hall–Kier alpha value is -1.75. The van der Waals surface area contributed by atoms with Crippen molar-refractivity contribution in [2.24, 2.45) is 4.99 Å². The van der Waals surface area contributed by atoms with E-state index in [1.54, 1.807) is 6.34 Å². The van der Waals surface area contributed by atoms with Gasteiger partial charge in [-0.3, -0.25) is 0 Å². The Morgan fingerprint density at radius 2 is 2.23 bits per heavy atom. The van der Waals surface area contributed by atoms with Gasteiger partial charge in [-0.25, -0.2) is 4.99 Å². The number of aliphatic imine (C=N–C) groups is 1. The van der Waals surface area contributed by atoms with Crippen molar-refractivity contribution < 1.29 is 0 Å². The fraction of sp³-hybridized carbons (Fsp3) is 0.182. The summed E-state index contributed by atoms with van der Waals surface area (Å²) in [6, 6.07) is 7.58. The van der Waals surface area contributed by atoms with E-state index in [4.69, 9.17) is 6.42 Å². The maximum absolute atomic E-state index is 5.26. The van der Waals surface area contributed by atoms with Crippen LogP contribution in [-0.2, 0) is 0 Å². The average Bonchev–Trinajstić information content (AvgIpc) is 2.15. The molecule has 0 aliphatic carbocycles. The minimum absolute atomic E-state index is 0.855. The SMILES string of the molecule is C#Cc1cccc(/N=C/N(C)C)c1. The third-order valence-electron chi connectivity index (χ3n) is 1.45. The zero-order chi connectivity index (χ0) is 9.68. The van der Waals surface area contributed by atoms with Gasteiger partial charge >= 0.3 is 0 Å². The molecule has 1 aromatic carbocycles. The lowest BCUT2D eigenvalue weighted by Crippen LogP contribution is -2.06. The van der Waals surface area contributed by atoms with Crippen molar-refractivity contribution in [3.8, 4) is 12.3 Å². The molecule has 0 saturated heterocycles. The Balaban J connectivity index is 2.85. The van der Waals surface area contributed by atoms with Crippen LogP contribution in [0.15, 0.2) is 29.3 Å². The maximum Gasteiger partial charge on any atom is 0.0907 e. The van der Waals surface area contributed by atoms with E-state index in [-0.39, 0.29) is 0 Å². The molecular formula is C11H12N2. The van der Waals surface area contributed by atoms with Crippen molar-refractivity contribution in [1.82, 2.24) is 4.90 Å². The van der Waals surface area contributed by atoms with Crippen molar-refractivity contribution in [3.05, 3.63) is 29.8 Å². The highest BCUT2D eigenvalue weighted by atomic mass is 15.1. The molecule has 0 N–H and O–H groups in total. The molecular weight excluding hydrogens is 160 g/mol. The van der Waals surface area contributed by atoms with Crippen LogP contribution in [0.1, 0.15) is 5.56 Å². The van der Waals surface area contributed by atoms with Gasteiger partial charge in [0, 0.05) is 19.7 Å². The van der Waals surface area contributed by atoms with Crippen LogP contribution in [0.25, 0.3) is 0 Å². The lowest BCUT2D eigenvalue weighted by Gasteiger charge is -2.02. The minimum Gasteiger partial charge on any atom is -0.369 e. The van der Waals surface area contributed by atoms with Crippen LogP contribution in [0.5, 0.6) is 0 Å². The number of hydrogen-bond acceptors (Lipinski definition) is 1. The maximum atomic E-state index is 5.26. The number of benzene rings is 1. The molecule has 0 aromatic heterocycles. The summed E-state index contributed by atoms with van der Waals surface area (Å²) in [4.78, 5) is 6.10. The van der Waals surface area contributed by atoms with Crippen molar-refractivity contribution >= 4 is 12.0 Å². The lowest BCUT2D eigenvalue weighted by molar-refractivity contribution is 0.643. The van der Waals surface area contributed by atoms with Gasteiger partial charge in [0.15, 0.2) is 0 Å². The first-order chi connectivity index (χ1) is 6.22. The smallest absolute Gasteiger partial charge is 0.0907 e. The first-order valence-corrected chi connectivity index (χ1v) is 3.99. The summed E-state index contributed by atoms with van der Waals surface area (Å²) in [6.07, 6.45) is 7.01. The largest absolute Gasteiger partial charge is 0.369 e. The second-order valence-electron chi connectivity index (χ2n) is 2.90. The number of nitrogens with zero attached hydrogens (tertiary/aromatic N) is 2. The van der Waals surface area contributed by atoms with Gasteiger partial charge in [-0.05, 0) is 18.2 Å². The first-order valence-electron chi connectivity index (χ1n) is 3.99. The summed E-state index contributed by atoms with van der Waals surface area (Å²) in [5.74, 6) is 2.57. The zero-order valence-electron chi connectivity index (χ0n) is 7.86. The van der Waals surface area contributed by atoms with Crippen LogP contribution in [0.3, 0.4) is 0 Å². The molecule has 2 nitrogen and oxygen atoms in total. The Kier molecular flexibility index (Phi) is 3.10. The summed E-state index contributed by atoms with van der Waals surface area (Å²) in [6.45, 7) is 0. The monoisotopic (exact) mass is 172 g/mol. The zero-order valence-corrected chi connectivity index (χ0v) is 7.86. The van der Waals surface area contributed by atoms with Gasteiger partial charge in [-0.1, -0.05) is 12.0 Å². The molecule has 0 atom stereocenters. The van der Waals surface area contributed by atoms with Crippen LogP contribution in [-0.4, -0.2) is 25.3 Å². The van der Waals surface area contributed by atoms with Gasteiger partial charge in [-0.2, -0.15) is 0 Å². The van der Waals surface area contributed by atoms with E-state index >= 15 is 0 Å². The summed E-state index contributed by atoms with van der Waals surface area (Å²) < 4.78 is 0. The standard InChI is InChI=1S/C11H12N2/c1-4-10-6-5-7-11(8-10)12-9-13(2)3/h1,5-9H,2-3H3/b12-9+. The fourth-order valence-electron chi connectivity index (χ4n) is 0.858. The van der Waals surface area contributed by atoms with Crippen LogP contribution in [0, 0.1) is 12.3 Å². The van der Waals surface area contributed by atoms with Crippen molar-refractivity contribution in [3.63, 3.8) is 0 Å². The number of hydrogen-bond donors (Lipinski definition) is 0. The molecule has 0 heterocycles. The summed E-state index contributed by atoms with van der Waals surface area (Å²) in [5.41, 5.74) is 1.73. The Morgan fingerprint density at radius 1 is 1.46 bits per heavy atom. The molecule has 0 bridgehead atoms. The van der Waals surface area contributed by atoms with Crippen LogP contribution < -0.4 is 0 Å². The van der Waals surface area contributed by atoms with Gasteiger partial charge < -0.3 is 4.90 Å². The van der Waals surface area contributed by atoms with E-state index in [9.17, 15) is 0 Å². The lowest BCUT2D eigenvalue weighted by atomic mass is 10.2. The second-order valence-corrected chi connectivity index (χ2v) is 2.90. The average molecular weight is 172 g/mol. The van der Waals surface area contributed by atoms with Crippen molar-refractivity contribution in [1.29, 1.82) is 0 Å². The van der Waals surface area contributed by atoms with Gasteiger partial charge in [0.05, 0.1) is 12.0 Å². The highest BCUT2D eigenvalue weighted by Crippen LogP contribution is 2.12. The van der Waals surface area contributed by atoms with Crippen LogP contribution in [0.4, 0.5) is 5.69 Å². The minimum atomic E-state index is 0.855. The van der Waals surface area contributed by atoms with E-state index in [2.05, 4.69) is 10.9 Å². The normalized spacial score (nSPS) is 9.92. The molecule has 1 rings (SSSR count). The van der Waals surface area contributed by atoms with Crippen LogP contribution >= 0.6 is 0 Å². The number of rotatable bonds is 2. The third-order valence-corrected chi connectivity index (χ3v) is 1.45. The molecule has 0 saturated carbocycles. The molecule has 0 spiro atoms. The third kappa shape index (κ3) is 3.00. The molecule has 66 valence electrons. The Bertz CT molecular complexity index is 345. The van der Waals surface area contributed by atoms with E-state index in [0.717, 1.165) is 11.3 Å². The molecule has 2 heteroatoms. The quantitative estimate of drug-likeness (QED) is 0.378.